The zero-order chi connectivity index (χ0) is 60.2. The van der Waals surface area contributed by atoms with Crippen molar-refractivity contribution in [3.05, 3.63) is 167 Å². The van der Waals surface area contributed by atoms with Crippen LogP contribution in [0.1, 0.15) is 71.0 Å². The molecule has 0 spiro atoms. The Hall–Kier alpha value is -4.86. The van der Waals surface area contributed by atoms with E-state index < -0.39 is 17.9 Å². The number of fused-ring (bicyclic) bond motifs is 3. The molecule has 12 rings (SSSR count). The fraction of sp³-hybridized carbons (Fsp3) is 0.270. The first kappa shape index (κ1) is 76.6. The van der Waals surface area contributed by atoms with Crippen LogP contribution in [0, 0.1) is 0 Å². The quantitative estimate of drug-likeness (QED) is 0.0317. The molecule has 0 amide bonds. The fourth-order valence-corrected chi connectivity index (χ4v) is 10.3. The predicted octanol–water partition coefficient (Wildman–Crippen LogP) is -1.15. The minimum absolute atomic E-state index is 0. The van der Waals surface area contributed by atoms with E-state index in [2.05, 4.69) is 34.7 Å². The Morgan fingerprint density at radius 3 is 1.30 bits per heavy atom. The maximum absolute atomic E-state index is 11.9. The number of aliphatic hydroxyl groups is 3. The Morgan fingerprint density at radius 2 is 0.955 bits per heavy atom. The third kappa shape index (κ3) is 20.3. The molecule has 26 heteroatoms. The van der Waals surface area contributed by atoms with E-state index in [1.54, 1.807) is 54.6 Å². The molecule has 22 nitrogen and oxygen atoms in total. The summed E-state index contributed by atoms with van der Waals surface area (Å²) in [5.41, 5.74) is 9.80. The molecule has 3 saturated heterocycles. The summed E-state index contributed by atoms with van der Waals surface area (Å²) in [5, 5.41) is 49.1. The number of ether oxygens (including phenoxy) is 2. The first-order valence-electron chi connectivity index (χ1n) is 27.4. The Morgan fingerprint density at radius 1 is 0.573 bits per heavy atom. The molecule has 3 atom stereocenters. The van der Waals surface area contributed by atoms with Gasteiger partial charge in [-0.1, -0.05) is 103 Å². The summed E-state index contributed by atoms with van der Waals surface area (Å²) in [6.07, 6.45) is 6.18. The van der Waals surface area contributed by atoms with Crippen LogP contribution in [0.2, 0.25) is 5.15 Å². The SMILES string of the molecule is COC(=O)c1ccc2nc(-c3ccccc3)c(Cl)nc2c1.COC(=O)c1ccc2nc(-c3ccccc3)c(N3CCC[C@H]3CO)nc2c1.O=C(O)c1ccc2nc(-c3ccccc3)c(N3CCC[C@H]3CO)nc2c1.O=CO[O-].OC[C@@H]1CCCN1.[H-].[K+].[K+].[Na+].[OH-]. The van der Waals surface area contributed by atoms with Crippen LogP contribution in [0.25, 0.3) is 66.9 Å². The van der Waals surface area contributed by atoms with E-state index in [1.807, 2.05) is 91.0 Å². The van der Waals surface area contributed by atoms with Gasteiger partial charge in [0.1, 0.15) is 17.1 Å². The predicted molar refractivity (Wildman–Crippen MR) is 323 cm³/mol. The molecule has 89 heavy (non-hydrogen) atoms. The number of carbonyl (C=O) groups is 4. The summed E-state index contributed by atoms with van der Waals surface area (Å²) in [7, 11) is 2.70. The Kier molecular flexibility index (Phi) is 33.4. The van der Waals surface area contributed by atoms with Crippen LogP contribution in [-0.2, 0) is 19.2 Å². The molecule has 0 radical (unpaired) electrons. The van der Waals surface area contributed by atoms with Crippen LogP contribution in [0.15, 0.2) is 146 Å². The number of carbonyl (C=O) groups excluding carboxylic acids is 3. The molecule has 3 aliphatic rings. The van der Waals surface area contributed by atoms with Gasteiger partial charge in [-0.2, -0.15) is 0 Å². The average molecular weight is 1290 g/mol. The van der Waals surface area contributed by atoms with Crippen molar-refractivity contribution in [3.63, 3.8) is 0 Å². The van der Waals surface area contributed by atoms with Crippen LogP contribution in [0.4, 0.5) is 11.6 Å². The average Bonchev–Trinajstić information content (AvgIpc) is 1.33. The number of nitrogens with one attached hydrogen (secondary N) is 1. The van der Waals surface area contributed by atoms with E-state index in [9.17, 15) is 29.7 Å². The zero-order valence-corrected chi connectivity index (χ0v) is 59.1. The minimum Gasteiger partial charge on any atom is -1.00 e. The van der Waals surface area contributed by atoms with E-state index in [-0.39, 0.29) is 177 Å². The minimum atomic E-state index is -0.989. The van der Waals surface area contributed by atoms with Crippen molar-refractivity contribution in [2.75, 3.05) is 63.5 Å². The number of aromatic nitrogens is 6. The van der Waals surface area contributed by atoms with Crippen LogP contribution >= 0.6 is 11.6 Å². The molecule has 3 aromatic heterocycles. The maximum Gasteiger partial charge on any atom is 1.00 e. The summed E-state index contributed by atoms with van der Waals surface area (Å²) >= 11 is 6.21. The molecule has 0 bridgehead atoms. The topological polar surface area (TPSA) is 326 Å². The fourth-order valence-electron chi connectivity index (χ4n) is 10.0. The summed E-state index contributed by atoms with van der Waals surface area (Å²) in [5.74, 6) is -0.365. The largest absolute Gasteiger partial charge is 1.00 e. The van der Waals surface area contributed by atoms with Gasteiger partial charge in [-0.25, -0.2) is 44.3 Å². The molecule has 6 N–H and O–H groups in total. The molecular weight excluding hydrogens is 1230 g/mol. The second kappa shape index (κ2) is 38.9. The van der Waals surface area contributed by atoms with E-state index in [0.29, 0.717) is 73.5 Å². The molecule has 0 unspecified atom stereocenters. The van der Waals surface area contributed by atoms with Crippen molar-refractivity contribution in [2.45, 2.75) is 56.7 Å². The number of rotatable bonds is 12. The molecule has 450 valence electrons. The van der Waals surface area contributed by atoms with E-state index in [0.717, 1.165) is 85.6 Å². The molecular formula is C63H65ClK2N9NaO13. The summed E-state index contributed by atoms with van der Waals surface area (Å²) < 4.78 is 9.50. The molecule has 3 aliphatic heterocycles. The van der Waals surface area contributed by atoms with E-state index >= 15 is 0 Å². The van der Waals surface area contributed by atoms with Gasteiger partial charge in [0.2, 0.25) is 0 Å². The number of methoxy groups -OCH3 is 2. The van der Waals surface area contributed by atoms with Gasteiger partial charge in [0.05, 0.1) is 95.9 Å². The number of anilines is 2. The van der Waals surface area contributed by atoms with Gasteiger partial charge in [0.25, 0.3) is 6.47 Å². The molecule has 0 aliphatic carbocycles. The number of hydrogen-bond acceptors (Lipinski definition) is 21. The number of halogens is 1. The van der Waals surface area contributed by atoms with Crippen molar-refractivity contribution in [2.24, 2.45) is 0 Å². The summed E-state index contributed by atoms with van der Waals surface area (Å²) in [6, 6.07) is 44.8. The first-order chi connectivity index (χ1) is 41.4. The number of nitrogens with zero attached hydrogens (tertiary/aromatic N) is 8. The van der Waals surface area contributed by atoms with Gasteiger partial charge in [-0.3, -0.25) is 4.79 Å². The second-order valence-electron chi connectivity index (χ2n) is 19.7. The zero-order valence-electron chi connectivity index (χ0n) is 51.1. The number of esters is 2. The number of benzene rings is 6. The molecule has 6 aromatic carbocycles. The van der Waals surface area contributed by atoms with Gasteiger partial charge in [0, 0.05) is 35.8 Å². The molecule has 0 saturated carbocycles. The van der Waals surface area contributed by atoms with E-state index in [1.165, 1.54) is 20.6 Å². The normalized spacial score (nSPS) is 15.2. The third-order valence-electron chi connectivity index (χ3n) is 14.3. The second-order valence-corrected chi connectivity index (χ2v) is 20.0. The van der Waals surface area contributed by atoms with Gasteiger partial charge in [-0.15, -0.1) is 0 Å². The van der Waals surface area contributed by atoms with Gasteiger partial charge in [0.15, 0.2) is 16.8 Å². The van der Waals surface area contributed by atoms with Crippen LogP contribution in [0.5, 0.6) is 0 Å². The first-order valence-corrected chi connectivity index (χ1v) is 27.8. The van der Waals surface area contributed by atoms with Gasteiger partial charge < -0.3 is 62.1 Å². The van der Waals surface area contributed by atoms with E-state index in [4.69, 9.17) is 51.4 Å². The Balaban J connectivity index is 0.000000318. The van der Waals surface area contributed by atoms with Crippen molar-refractivity contribution < 1.29 is 198 Å². The van der Waals surface area contributed by atoms with Crippen molar-refractivity contribution in [1.29, 1.82) is 0 Å². The van der Waals surface area contributed by atoms with Crippen molar-refractivity contribution >= 4 is 80.7 Å². The summed E-state index contributed by atoms with van der Waals surface area (Å²) in [6.45, 7) is 2.97. The number of carboxylic acids is 1. The number of aromatic carboxylic acids is 1. The van der Waals surface area contributed by atoms with Crippen LogP contribution in [0.3, 0.4) is 0 Å². The number of carboxylic acid groups (broad SMARTS) is 1. The molecule has 6 heterocycles. The summed E-state index contributed by atoms with van der Waals surface area (Å²) in [4.78, 5) is 78.2. The standard InChI is InChI=1S/C21H21N3O3.C20H19N3O3.C16H11ClN2O2.C5H11NO.CH2O3.2K.Na.H2O.H/c1-27-21(26)15-9-10-17-18(12-15)23-20(24-11-5-8-16(24)13-25)19(22-17)14-6-3-2-4-7-14;24-12-15-7-4-10-23(15)19-18(13-5-2-1-3-6-13)21-16-9-8-14(20(25)26)11-17(16)22-19;1-21-16(20)11-7-8-12-13(9-11)19-15(17)14(18-12)10-5-3-2-4-6-10;7-4-5-2-1-3-6-5;2-1-4-3;;;;;/h2-4,6-7,9-10,12,16,25H,5,8,11,13H2,1H3;1-3,5-6,8-9,11,15,24H,4,7,10,12H2,(H,25,26);2-9H,1H3;5-7H,1-4H2;1,3H;;;;1H2;/q;;;;;3*+1;;-1/p-2/t16-;15-;;5-;;;;;;/m00.0....../s1. The van der Waals surface area contributed by atoms with Crippen LogP contribution in [-0.4, -0.2) is 152 Å². The number of hydrogen-bond donors (Lipinski definition) is 5. The van der Waals surface area contributed by atoms with Crippen LogP contribution < -0.4 is 153 Å². The smallest absolute Gasteiger partial charge is 1.00 e. The molecule has 9 aromatic rings. The monoisotopic (exact) mass is 1290 g/mol. The molecule has 3 fully saturated rings. The number of aliphatic hydroxyl groups excluding tert-OH is 3. The maximum atomic E-state index is 11.9. The van der Waals surface area contributed by atoms with Crippen molar-refractivity contribution in [3.8, 4) is 33.8 Å². The third-order valence-corrected chi connectivity index (χ3v) is 14.5. The van der Waals surface area contributed by atoms with Crippen molar-refractivity contribution in [1.82, 2.24) is 35.2 Å². The van der Waals surface area contributed by atoms with Gasteiger partial charge >= 0.3 is 150 Å². The van der Waals surface area contributed by atoms with Gasteiger partial charge in [-0.05, 0) is 99.7 Å². The Bertz CT molecular complexity index is 3750. The Labute approximate surface area is 627 Å².